The molecular weight excluding hydrogens is 344 g/mol. The maximum absolute atomic E-state index is 13.0. The molecule has 0 aromatic heterocycles. The monoisotopic (exact) mass is 372 g/mol. The molecule has 4 rings (SSSR count). The van der Waals surface area contributed by atoms with E-state index in [0.717, 1.165) is 18.5 Å². The van der Waals surface area contributed by atoms with Crippen molar-refractivity contribution >= 4 is 23.4 Å². The number of anilines is 1. The Labute approximate surface area is 160 Å². The second-order valence-electron chi connectivity index (χ2n) is 7.83. The molecule has 1 aromatic carbocycles. The molecule has 3 heterocycles. The zero-order chi connectivity index (χ0) is 19.7. The standard InChI is InChI=1S/C20H28N4O3/c1-21(2)16-8-5-14(6-9-16)19(26)23-11-15-7-10-17(12-23)24(20(15)27)13-18(25)22(3)4/h5-6,8-9,15,17H,7,10-13H2,1-4H3/t15-,17+/m0/s1. The van der Waals surface area contributed by atoms with Gasteiger partial charge in [0.15, 0.2) is 0 Å². The molecule has 0 radical (unpaired) electrons. The van der Waals surface area contributed by atoms with E-state index in [0.29, 0.717) is 18.7 Å². The van der Waals surface area contributed by atoms with Crippen LogP contribution in [0.2, 0.25) is 0 Å². The summed E-state index contributed by atoms with van der Waals surface area (Å²) in [5.74, 6) is -0.359. The van der Waals surface area contributed by atoms with Gasteiger partial charge in [-0.3, -0.25) is 14.4 Å². The lowest BCUT2D eigenvalue weighted by atomic mass is 9.94. The van der Waals surface area contributed by atoms with Gasteiger partial charge in [-0.15, -0.1) is 0 Å². The minimum absolute atomic E-state index is 0.000272. The van der Waals surface area contributed by atoms with E-state index in [1.165, 1.54) is 4.90 Å². The van der Waals surface area contributed by atoms with Crippen molar-refractivity contribution in [1.29, 1.82) is 0 Å². The molecule has 1 aromatic rings. The minimum Gasteiger partial charge on any atom is -0.378 e. The second kappa shape index (κ2) is 7.58. The summed E-state index contributed by atoms with van der Waals surface area (Å²) in [7, 11) is 7.29. The molecule has 3 fully saturated rings. The number of benzene rings is 1. The maximum Gasteiger partial charge on any atom is 0.253 e. The predicted molar refractivity (Wildman–Crippen MR) is 104 cm³/mol. The lowest BCUT2D eigenvalue weighted by Gasteiger charge is -2.35. The molecular formula is C20H28N4O3. The number of carbonyl (C=O) groups excluding carboxylic acids is 3. The summed E-state index contributed by atoms with van der Waals surface area (Å²) in [4.78, 5) is 44.9. The van der Waals surface area contributed by atoms with Crippen LogP contribution >= 0.6 is 0 Å². The largest absolute Gasteiger partial charge is 0.378 e. The van der Waals surface area contributed by atoms with Crippen molar-refractivity contribution in [2.45, 2.75) is 18.9 Å². The Balaban J connectivity index is 1.76. The Hall–Kier alpha value is -2.57. The van der Waals surface area contributed by atoms with Gasteiger partial charge in [0.25, 0.3) is 5.91 Å². The van der Waals surface area contributed by atoms with Crippen molar-refractivity contribution in [3.8, 4) is 0 Å². The molecule has 3 aliphatic rings. The summed E-state index contributed by atoms with van der Waals surface area (Å²) in [5.41, 5.74) is 1.66. The quantitative estimate of drug-likeness (QED) is 0.788. The molecule has 7 heteroatoms. The fourth-order valence-electron chi connectivity index (χ4n) is 3.79. The third-order valence-electron chi connectivity index (χ3n) is 5.52. The van der Waals surface area contributed by atoms with Crippen molar-refractivity contribution in [2.75, 3.05) is 52.7 Å². The molecule has 27 heavy (non-hydrogen) atoms. The molecule has 3 aliphatic heterocycles. The van der Waals surface area contributed by atoms with Gasteiger partial charge in [0.1, 0.15) is 6.54 Å². The molecule has 3 amide bonds. The van der Waals surface area contributed by atoms with Gasteiger partial charge in [0.2, 0.25) is 11.8 Å². The third kappa shape index (κ3) is 3.91. The van der Waals surface area contributed by atoms with Crippen LogP contribution in [0.1, 0.15) is 23.2 Å². The number of amides is 3. The van der Waals surface area contributed by atoms with Gasteiger partial charge in [0, 0.05) is 58.6 Å². The second-order valence-corrected chi connectivity index (χ2v) is 7.83. The van der Waals surface area contributed by atoms with E-state index in [1.807, 2.05) is 43.3 Å². The number of likely N-dealkylation sites (N-methyl/N-ethyl adjacent to an activating group) is 1. The van der Waals surface area contributed by atoms with E-state index in [4.69, 9.17) is 0 Å². The first kappa shape index (κ1) is 19.2. The number of rotatable bonds is 4. The van der Waals surface area contributed by atoms with E-state index >= 15 is 0 Å². The van der Waals surface area contributed by atoms with Crippen molar-refractivity contribution in [3.63, 3.8) is 0 Å². The Morgan fingerprint density at radius 2 is 1.70 bits per heavy atom. The van der Waals surface area contributed by atoms with Gasteiger partial charge < -0.3 is 19.6 Å². The maximum atomic E-state index is 13.0. The van der Waals surface area contributed by atoms with E-state index in [-0.39, 0.29) is 36.2 Å². The smallest absolute Gasteiger partial charge is 0.253 e. The highest BCUT2D eigenvalue weighted by Gasteiger charge is 2.42. The summed E-state index contributed by atoms with van der Waals surface area (Å²) in [5, 5.41) is 0. The highest BCUT2D eigenvalue weighted by molar-refractivity contribution is 5.95. The van der Waals surface area contributed by atoms with E-state index in [1.54, 1.807) is 23.9 Å². The molecule has 3 saturated heterocycles. The summed E-state index contributed by atoms with van der Waals surface area (Å²) in [6.07, 6.45) is 1.61. The van der Waals surface area contributed by atoms with Gasteiger partial charge in [-0.1, -0.05) is 0 Å². The molecule has 0 saturated carbocycles. The van der Waals surface area contributed by atoms with Gasteiger partial charge in [0.05, 0.1) is 5.92 Å². The molecule has 2 bridgehead atoms. The molecule has 0 spiro atoms. The highest BCUT2D eigenvalue weighted by Crippen LogP contribution is 2.30. The van der Waals surface area contributed by atoms with Gasteiger partial charge in [-0.2, -0.15) is 0 Å². The first-order chi connectivity index (χ1) is 12.8. The molecule has 0 N–H and O–H groups in total. The fourth-order valence-corrected chi connectivity index (χ4v) is 3.79. The van der Waals surface area contributed by atoms with Crippen LogP contribution < -0.4 is 4.90 Å². The Morgan fingerprint density at radius 1 is 1.04 bits per heavy atom. The van der Waals surface area contributed by atoms with Crippen LogP contribution in [0, 0.1) is 5.92 Å². The van der Waals surface area contributed by atoms with Crippen LogP contribution in [0.25, 0.3) is 0 Å². The molecule has 0 aliphatic carbocycles. The van der Waals surface area contributed by atoms with Crippen LogP contribution in [0.15, 0.2) is 24.3 Å². The first-order valence-electron chi connectivity index (χ1n) is 9.35. The average molecular weight is 372 g/mol. The van der Waals surface area contributed by atoms with Gasteiger partial charge >= 0.3 is 0 Å². The van der Waals surface area contributed by atoms with Crippen LogP contribution in [-0.4, -0.2) is 86.3 Å². The molecule has 2 atom stereocenters. The molecule has 0 unspecified atom stereocenters. The third-order valence-corrected chi connectivity index (χ3v) is 5.52. The number of fused-ring (bicyclic) bond motifs is 4. The summed E-state index contributed by atoms with van der Waals surface area (Å²) < 4.78 is 0. The lowest BCUT2D eigenvalue weighted by molar-refractivity contribution is -0.145. The Morgan fingerprint density at radius 3 is 2.30 bits per heavy atom. The van der Waals surface area contributed by atoms with Crippen molar-refractivity contribution in [3.05, 3.63) is 29.8 Å². The Bertz CT molecular complexity index is 729. The SMILES string of the molecule is CN(C)C(=O)CN1C(=O)[C@H]2CC[C@@H]1CN(C(=O)c1ccc(N(C)C)cc1)C2. The molecule has 146 valence electrons. The first-order valence-corrected chi connectivity index (χ1v) is 9.35. The van der Waals surface area contributed by atoms with E-state index in [2.05, 4.69) is 0 Å². The van der Waals surface area contributed by atoms with E-state index in [9.17, 15) is 14.4 Å². The normalized spacial score (nSPS) is 21.9. The lowest BCUT2D eigenvalue weighted by Crippen LogP contribution is -2.51. The minimum atomic E-state index is -0.219. The number of piperidine rings is 1. The number of nitrogens with zero attached hydrogens (tertiary/aromatic N) is 4. The number of hydrogen-bond acceptors (Lipinski definition) is 4. The van der Waals surface area contributed by atoms with Crippen LogP contribution in [0.5, 0.6) is 0 Å². The van der Waals surface area contributed by atoms with Crippen LogP contribution in [-0.2, 0) is 9.59 Å². The Kier molecular flexibility index (Phi) is 5.39. The highest BCUT2D eigenvalue weighted by atomic mass is 16.2. The van der Waals surface area contributed by atoms with Crippen LogP contribution in [0.3, 0.4) is 0 Å². The number of carbonyl (C=O) groups is 3. The van der Waals surface area contributed by atoms with Gasteiger partial charge in [-0.25, -0.2) is 0 Å². The zero-order valence-corrected chi connectivity index (χ0v) is 16.5. The zero-order valence-electron chi connectivity index (χ0n) is 16.5. The topological polar surface area (TPSA) is 64.2 Å². The average Bonchev–Trinajstić information content (AvgIpc) is 2.93. The summed E-state index contributed by atoms with van der Waals surface area (Å²) in [6.45, 7) is 1.00. The van der Waals surface area contributed by atoms with Gasteiger partial charge in [-0.05, 0) is 37.1 Å². The number of hydrogen-bond donors (Lipinski definition) is 0. The summed E-state index contributed by atoms with van der Waals surface area (Å²) >= 11 is 0. The predicted octanol–water partition coefficient (Wildman–Crippen LogP) is 0.904. The van der Waals surface area contributed by atoms with Crippen molar-refractivity contribution < 1.29 is 14.4 Å². The van der Waals surface area contributed by atoms with Crippen LogP contribution in [0.4, 0.5) is 5.69 Å². The van der Waals surface area contributed by atoms with Crippen molar-refractivity contribution in [1.82, 2.24) is 14.7 Å². The van der Waals surface area contributed by atoms with E-state index < -0.39 is 0 Å². The fraction of sp³-hybridized carbons (Fsp3) is 0.550. The molecule has 7 nitrogen and oxygen atoms in total. The van der Waals surface area contributed by atoms with Crippen molar-refractivity contribution in [2.24, 2.45) is 5.92 Å². The summed E-state index contributed by atoms with van der Waals surface area (Å²) in [6, 6.07) is 7.42.